The van der Waals surface area contributed by atoms with E-state index >= 15 is 4.57 Å². The molecule has 0 saturated heterocycles. The molecule has 0 N–H and O–H groups in total. The van der Waals surface area contributed by atoms with Gasteiger partial charge in [-0.25, -0.2) is 4.98 Å². The number of fused-ring (bicyclic) bond motifs is 11. The number of para-hydroxylation sites is 2. The summed E-state index contributed by atoms with van der Waals surface area (Å²) in [6.07, 6.45) is 3.88. The minimum atomic E-state index is -3.20. The minimum Gasteiger partial charge on any atom is -0.309 e. The van der Waals surface area contributed by atoms with E-state index in [0.29, 0.717) is 0 Å². The van der Waals surface area contributed by atoms with Gasteiger partial charge in [0.2, 0.25) is 0 Å². The van der Waals surface area contributed by atoms with Gasteiger partial charge >= 0.3 is 0 Å². The van der Waals surface area contributed by atoms with Crippen LogP contribution in [0.15, 0.2) is 170 Å². The Hall–Kier alpha value is -6.09. The van der Waals surface area contributed by atoms with Crippen molar-refractivity contribution in [1.29, 1.82) is 0 Å². The maximum atomic E-state index is 15.5. The Balaban J connectivity index is 1.34. The maximum absolute atomic E-state index is 15.5. The molecule has 10 rings (SSSR count). The number of aromatic nitrogens is 3. The van der Waals surface area contributed by atoms with Crippen molar-refractivity contribution in [3.8, 4) is 11.1 Å². The van der Waals surface area contributed by atoms with Gasteiger partial charge in [-0.2, -0.15) is 0 Å². The van der Waals surface area contributed by atoms with Gasteiger partial charge in [-0.1, -0.05) is 121 Å². The molecule has 0 bridgehead atoms. The molecule has 230 valence electrons. The number of nitrogens with zero attached hydrogens (tertiary/aromatic N) is 3. The predicted molar refractivity (Wildman–Crippen MR) is 205 cm³/mol. The first kappa shape index (κ1) is 28.0. The first-order chi connectivity index (χ1) is 24.2. The topological polar surface area (TPSA) is 47.3 Å². The van der Waals surface area contributed by atoms with E-state index in [1.165, 1.54) is 5.39 Å². The lowest BCUT2D eigenvalue weighted by Crippen LogP contribution is -2.25. The summed E-state index contributed by atoms with van der Waals surface area (Å²) in [5.74, 6) is 0. The van der Waals surface area contributed by atoms with Crippen molar-refractivity contribution >= 4 is 83.0 Å². The molecule has 0 unspecified atom stereocenters. The highest BCUT2D eigenvalue weighted by molar-refractivity contribution is 7.85. The predicted octanol–water partition coefficient (Wildman–Crippen LogP) is 9.80. The van der Waals surface area contributed by atoms with Gasteiger partial charge in [0.15, 0.2) is 7.14 Å². The highest BCUT2D eigenvalue weighted by atomic mass is 31.2. The SMILES string of the molecule is O=P(c1ccccc1)(c1ccccc1)c1ccc2c(c1)c1ccc3ccc(-c4cncc5ccccc45)cc3c1c1nc3ccccc3n21. The molecule has 5 heteroatoms. The van der Waals surface area contributed by atoms with Crippen molar-refractivity contribution in [3.05, 3.63) is 170 Å². The van der Waals surface area contributed by atoms with Crippen molar-refractivity contribution < 1.29 is 4.57 Å². The van der Waals surface area contributed by atoms with Crippen LogP contribution in [0, 0.1) is 0 Å². The monoisotopic (exact) mass is 645 g/mol. The average molecular weight is 646 g/mol. The zero-order chi connectivity index (χ0) is 32.5. The van der Waals surface area contributed by atoms with Crippen LogP contribution >= 0.6 is 7.14 Å². The van der Waals surface area contributed by atoms with E-state index in [0.717, 1.165) is 81.6 Å². The molecule has 49 heavy (non-hydrogen) atoms. The Labute approximate surface area is 282 Å². The third-order valence-electron chi connectivity index (χ3n) is 9.90. The van der Waals surface area contributed by atoms with E-state index in [2.05, 4.69) is 100 Å². The van der Waals surface area contributed by atoms with Gasteiger partial charge < -0.3 is 4.57 Å². The van der Waals surface area contributed by atoms with E-state index in [9.17, 15) is 0 Å². The molecule has 3 heterocycles. The van der Waals surface area contributed by atoms with Crippen LogP contribution in [-0.2, 0) is 4.57 Å². The lowest BCUT2D eigenvalue weighted by atomic mass is 9.95. The second-order valence-corrected chi connectivity index (χ2v) is 15.3. The van der Waals surface area contributed by atoms with E-state index in [4.69, 9.17) is 4.98 Å². The number of benzene rings is 7. The van der Waals surface area contributed by atoms with Gasteiger partial charge in [0.25, 0.3) is 0 Å². The van der Waals surface area contributed by atoms with E-state index in [-0.39, 0.29) is 0 Å². The van der Waals surface area contributed by atoms with Gasteiger partial charge in [-0.15, -0.1) is 0 Å². The Kier molecular flexibility index (Phi) is 6.12. The Morgan fingerprint density at radius 1 is 0.490 bits per heavy atom. The van der Waals surface area contributed by atoms with Crippen molar-refractivity contribution in [2.45, 2.75) is 0 Å². The molecule has 0 fully saturated rings. The third kappa shape index (κ3) is 4.14. The number of imidazole rings is 1. The molecule has 0 radical (unpaired) electrons. The number of rotatable bonds is 4. The van der Waals surface area contributed by atoms with Crippen LogP contribution in [0.2, 0.25) is 0 Å². The lowest BCUT2D eigenvalue weighted by molar-refractivity contribution is 0.592. The number of hydrogen-bond donors (Lipinski definition) is 0. The molecular formula is C44H28N3OP. The summed E-state index contributed by atoms with van der Waals surface area (Å²) in [6.45, 7) is 0. The van der Waals surface area contributed by atoms with E-state index in [1.807, 2.05) is 79.1 Å². The molecular weight excluding hydrogens is 617 g/mol. The molecule has 0 amide bonds. The summed E-state index contributed by atoms with van der Waals surface area (Å²) in [5.41, 5.74) is 6.11. The quantitative estimate of drug-likeness (QED) is 0.141. The van der Waals surface area contributed by atoms with Crippen LogP contribution in [0.4, 0.5) is 0 Å². The molecule has 0 aliphatic carbocycles. The third-order valence-corrected chi connectivity index (χ3v) is 13.0. The van der Waals surface area contributed by atoms with Gasteiger partial charge in [0.05, 0.1) is 16.6 Å². The molecule has 7 aromatic carbocycles. The zero-order valence-corrected chi connectivity index (χ0v) is 27.3. The van der Waals surface area contributed by atoms with Gasteiger partial charge in [-0.3, -0.25) is 9.38 Å². The minimum absolute atomic E-state index is 0.804. The molecule has 0 atom stereocenters. The molecule has 4 nitrogen and oxygen atoms in total. The van der Waals surface area contributed by atoms with Crippen molar-refractivity contribution in [2.24, 2.45) is 0 Å². The average Bonchev–Trinajstić information content (AvgIpc) is 3.57. The summed E-state index contributed by atoms with van der Waals surface area (Å²) in [5, 5.41) is 10.2. The normalized spacial score (nSPS) is 12.2. The van der Waals surface area contributed by atoms with Gasteiger partial charge in [0.1, 0.15) is 5.65 Å². The van der Waals surface area contributed by atoms with Gasteiger partial charge in [-0.05, 0) is 63.5 Å². The summed E-state index contributed by atoms with van der Waals surface area (Å²) in [6, 6.07) is 53.9. The Morgan fingerprint density at radius 2 is 1.20 bits per heavy atom. The van der Waals surface area contributed by atoms with Crippen LogP contribution in [0.3, 0.4) is 0 Å². The van der Waals surface area contributed by atoms with Crippen LogP contribution < -0.4 is 15.9 Å². The largest absolute Gasteiger partial charge is 0.309 e. The molecule has 0 aliphatic heterocycles. The second kappa shape index (κ2) is 10.7. The zero-order valence-electron chi connectivity index (χ0n) is 26.4. The fourth-order valence-corrected chi connectivity index (χ4v) is 10.3. The maximum Gasteiger partial charge on any atom is 0.171 e. The Morgan fingerprint density at radius 3 is 2.02 bits per heavy atom. The van der Waals surface area contributed by atoms with Crippen LogP contribution in [-0.4, -0.2) is 14.4 Å². The number of pyridine rings is 2. The fourth-order valence-electron chi connectivity index (χ4n) is 7.59. The number of hydrogen-bond acceptors (Lipinski definition) is 3. The van der Waals surface area contributed by atoms with Crippen molar-refractivity contribution in [2.75, 3.05) is 0 Å². The summed E-state index contributed by atoms with van der Waals surface area (Å²) >= 11 is 0. The standard InChI is InChI=1S/C44H28N3OP/c48-49(32-12-3-1-4-13-32,33-14-5-2-6-15-33)34-22-24-41-38(26-34)36-23-21-29-19-20-30(39-28-45-27-31-11-7-8-16-35(31)39)25-37(29)43(36)44-46-40-17-9-10-18-42(40)47(41)44/h1-28H. The van der Waals surface area contributed by atoms with Crippen LogP contribution in [0.1, 0.15) is 0 Å². The molecule has 10 aromatic rings. The van der Waals surface area contributed by atoms with E-state index in [1.54, 1.807) is 0 Å². The Bertz CT molecular complexity index is 2920. The first-order valence-corrected chi connectivity index (χ1v) is 18.1. The summed E-state index contributed by atoms with van der Waals surface area (Å²) in [4.78, 5) is 9.85. The highest BCUT2D eigenvalue weighted by Crippen LogP contribution is 2.45. The second-order valence-electron chi connectivity index (χ2n) is 12.6. The van der Waals surface area contributed by atoms with E-state index < -0.39 is 7.14 Å². The molecule has 0 saturated carbocycles. The molecule has 3 aromatic heterocycles. The smallest absolute Gasteiger partial charge is 0.171 e. The van der Waals surface area contributed by atoms with Crippen LogP contribution in [0.5, 0.6) is 0 Å². The van der Waals surface area contributed by atoms with Crippen molar-refractivity contribution in [1.82, 2.24) is 14.4 Å². The summed E-state index contributed by atoms with van der Waals surface area (Å²) < 4.78 is 17.8. The summed E-state index contributed by atoms with van der Waals surface area (Å²) in [7, 11) is -3.20. The fraction of sp³-hybridized carbons (Fsp3) is 0. The lowest BCUT2D eigenvalue weighted by Gasteiger charge is -2.21. The first-order valence-electron chi connectivity index (χ1n) is 16.4. The van der Waals surface area contributed by atoms with Crippen molar-refractivity contribution in [3.63, 3.8) is 0 Å². The van der Waals surface area contributed by atoms with Gasteiger partial charge in [0, 0.05) is 50.0 Å². The van der Waals surface area contributed by atoms with Crippen LogP contribution in [0.25, 0.3) is 71.0 Å². The molecule has 0 spiro atoms. The molecule has 0 aliphatic rings. The highest BCUT2D eigenvalue weighted by Gasteiger charge is 2.30.